The first-order chi connectivity index (χ1) is 6.65. The van der Waals surface area contributed by atoms with Crippen LogP contribution in [0.2, 0.25) is 0 Å². The summed E-state index contributed by atoms with van der Waals surface area (Å²) in [5.74, 6) is 0. The molecule has 0 fully saturated rings. The zero-order valence-electron chi connectivity index (χ0n) is 7.73. The van der Waals surface area contributed by atoms with Crippen molar-refractivity contribution in [1.82, 2.24) is 0 Å². The Morgan fingerprint density at radius 1 is 1.29 bits per heavy atom. The molecule has 3 nitrogen and oxygen atoms in total. The summed E-state index contributed by atoms with van der Waals surface area (Å²) in [6.07, 6.45) is 0.0579. The Hall–Kier alpha value is -2.03. The van der Waals surface area contributed by atoms with Crippen LogP contribution in [0.5, 0.6) is 0 Å². The van der Waals surface area contributed by atoms with Crippen LogP contribution in [0.25, 0.3) is 17.2 Å². The second-order valence-electron chi connectivity index (χ2n) is 2.29. The molecule has 2 N–H and O–H groups in total. The highest BCUT2D eigenvalue weighted by atomic mass is 16.6. The van der Waals surface area contributed by atoms with Crippen LogP contribution < -0.4 is 0 Å². The molecule has 2 aliphatic carbocycles. The van der Waals surface area contributed by atoms with Gasteiger partial charge in [0.25, 0.3) is 0 Å². The van der Waals surface area contributed by atoms with Gasteiger partial charge in [-0.25, -0.2) is 4.79 Å². The van der Waals surface area contributed by atoms with Gasteiger partial charge in [0.05, 0.1) is 0 Å². The fourth-order valence-corrected chi connectivity index (χ4v) is 0.988. The fourth-order valence-electron chi connectivity index (χ4n) is 0.988. The van der Waals surface area contributed by atoms with E-state index < -0.39 is 6.16 Å². The second-order valence-corrected chi connectivity index (χ2v) is 2.29. The molecule has 14 heavy (non-hydrogen) atoms. The number of hydrogen-bond acceptors (Lipinski definition) is 1. The lowest BCUT2D eigenvalue weighted by Crippen LogP contribution is -1.93. The first kappa shape index (κ1) is 12.0. The van der Waals surface area contributed by atoms with Crippen molar-refractivity contribution in [3.63, 3.8) is 0 Å². The normalized spacial score (nSPS) is 8.29. The maximum Gasteiger partial charge on any atom is 0.503 e. The molecule has 0 atom stereocenters. The van der Waals surface area contributed by atoms with Gasteiger partial charge in [-0.05, 0) is 22.8 Å². The molecular weight excluding hydrogens is 180 g/mol. The van der Waals surface area contributed by atoms with Crippen molar-refractivity contribution in [3.8, 4) is 11.1 Å². The summed E-state index contributed by atoms with van der Waals surface area (Å²) in [5.41, 5.74) is 4.07. The Balaban J connectivity index is 0.000000245. The van der Waals surface area contributed by atoms with Gasteiger partial charge in [-0.1, -0.05) is 24.8 Å². The number of fused-ring (bicyclic) bond motifs is 1. The lowest BCUT2D eigenvalue weighted by Gasteiger charge is -2.17. The van der Waals surface area contributed by atoms with Gasteiger partial charge in [-0.3, -0.25) is 0 Å². The van der Waals surface area contributed by atoms with Gasteiger partial charge >= 0.3 is 6.16 Å². The smallest absolute Gasteiger partial charge is 0.450 e. The van der Waals surface area contributed by atoms with Crippen LogP contribution in [-0.4, -0.2) is 16.4 Å². The van der Waals surface area contributed by atoms with Crippen LogP contribution >= 0.6 is 0 Å². The predicted octanol–water partition coefficient (Wildman–Crippen LogP) is 3.33. The molecule has 0 aromatic rings. The van der Waals surface area contributed by atoms with Crippen molar-refractivity contribution in [2.45, 2.75) is 0 Å². The summed E-state index contributed by atoms with van der Waals surface area (Å²) in [6.45, 7) is 9.67. The molecule has 0 unspecified atom stereocenters. The Bertz CT molecular complexity index is 338. The average Bonchev–Trinajstić information content (AvgIpc) is 2.12. The van der Waals surface area contributed by atoms with Crippen LogP contribution in [0.15, 0.2) is 37.9 Å². The van der Waals surface area contributed by atoms with Crippen LogP contribution in [0.4, 0.5) is 4.79 Å². The largest absolute Gasteiger partial charge is 0.503 e. The third-order valence-electron chi connectivity index (χ3n) is 1.58. The van der Waals surface area contributed by atoms with Crippen molar-refractivity contribution in [2.75, 3.05) is 0 Å². The van der Waals surface area contributed by atoms with Gasteiger partial charge in [-0.2, -0.15) is 0 Å². The Morgan fingerprint density at radius 2 is 1.79 bits per heavy atom. The molecule has 0 aromatic carbocycles. The summed E-state index contributed by atoms with van der Waals surface area (Å²) in [5, 5.41) is 13.9. The van der Waals surface area contributed by atoms with Crippen molar-refractivity contribution in [2.24, 2.45) is 0 Å². The maximum atomic E-state index is 8.56. The number of hydrogen-bond donors (Lipinski definition) is 2. The highest BCUT2D eigenvalue weighted by molar-refractivity contribution is 5.87. The van der Waals surface area contributed by atoms with Gasteiger partial charge < -0.3 is 10.2 Å². The predicted molar refractivity (Wildman–Crippen MR) is 57.4 cm³/mol. The molecule has 0 saturated heterocycles. The SMILES string of the molecule is C=C.C=Cc1cc2ccc1-2.O=C(O)O. The molecular formula is C11H12O3. The summed E-state index contributed by atoms with van der Waals surface area (Å²) in [6, 6.07) is 6.37. The van der Waals surface area contributed by atoms with Gasteiger partial charge in [0, 0.05) is 0 Å². The molecule has 0 aliphatic heterocycles. The lowest BCUT2D eigenvalue weighted by atomic mass is 9.87. The molecule has 0 amide bonds. The van der Waals surface area contributed by atoms with Crippen molar-refractivity contribution in [3.05, 3.63) is 43.5 Å². The molecule has 2 rings (SSSR count). The van der Waals surface area contributed by atoms with E-state index in [0.29, 0.717) is 0 Å². The highest BCUT2D eigenvalue weighted by Crippen LogP contribution is 2.36. The average molecular weight is 192 g/mol. The lowest BCUT2D eigenvalue weighted by molar-refractivity contribution is 0.137. The number of benzene rings is 1. The Morgan fingerprint density at radius 3 is 1.86 bits per heavy atom. The summed E-state index contributed by atoms with van der Waals surface area (Å²) in [7, 11) is 0. The minimum Gasteiger partial charge on any atom is -0.450 e. The van der Waals surface area contributed by atoms with Gasteiger partial charge in [0.1, 0.15) is 0 Å². The van der Waals surface area contributed by atoms with Crippen LogP contribution in [-0.2, 0) is 0 Å². The molecule has 0 spiro atoms. The summed E-state index contributed by atoms with van der Waals surface area (Å²) in [4.78, 5) is 8.56. The number of carboxylic acid groups (broad SMARTS) is 2. The first-order valence-electron chi connectivity index (χ1n) is 3.84. The quantitative estimate of drug-likeness (QED) is 0.681. The monoisotopic (exact) mass is 192 g/mol. The third-order valence-corrected chi connectivity index (χ3v) is 1.58. The third kappa shape index (κ3) is 2.79. The van der Waals surface area contributed by atoms with E-state index in [1.807, 2.05) is 6.08 Å². The van der Waals surface area contributed by atoms with E-state index >= 15 is 0 Å². The van der Waals surface area contributed by atoms with Crippen molar-refractivity contribution < 1.29 is 15.0 Å². The summed E-state index contributed by atoms with van der Waals surface area (Å²) >= 11 is 0. The standard InChI is InChI=1S/C8H6.C2H4.CH2O3/c1-2-6-5-7-3-4-8(6)7;1-2;2-1(3)4/h2-5H,1H2;1-2H2;(H2,2,3,4). The second kappa shape index (κ2) is 5.59. The van der Waals surface area contributed by atoms with Gasteiger partial charge in [-0.15, -0.1) is 13.2 Å². The topological polar surface area (TPSA) is 57.5 Å². The first-order valence-corrected chi connectivity index (χ1v) is 3.84. The van der Waals surface area contributed by atoms with Crippen LogP contribution in [0.1, 0.15) is 5.56 Å². The van der Waals surface area contributed by atoms with E-state index in [0.717, 1.165) is 0 Å². The Kier molecular flexibility index (Phi) is 4.78. The zero-order valence-corrected chi connectivity index (χ0v) is 7.73. The molecule has 0 heterocycles. The zero-order chi connectivity index (χ0) is 11.1. The van der Waals surface area contributed by atoms with Gasteiger partial charge in [0.2, 0.25) is 0 Å². The minimum atomic E-state index is -1.83. The Labute approximate surface area is 82.6 Å². The maximum absolute atomic E-state index is 8.56. The van der Waals surface area contributed by atoms with E-state index in [9.17, 15) is 0 Å². The highest BCUT2D eigenvalue weighted by Gasteiger charge is 2.12. The number of rotatable bonds is 1. The molecule has 0 aromatic heterocycles. The minimum absolute atomic E-state index is 1.29. The van der Waals surface area contributed by atoms with Crippen molar-refractivity contribution >= 4 is 12.2 Å². The fraction of sp³-hybridized carbons (Fsp3) is 0. The van der Waals surface area contributed by atoms with E-state index in [4.69, 9.17) is 15.0 Å². The molecule has 3 heteroatoms. The summed E-state index contributed by atoms with van der Waals surface area (Å²) < 4.78 is 0. The molecule has 74 valence electrons. The molecule has 0 saturated carbocycles. The van der Waals surface area contributed by atoms with Crippen molar-refractivity contribution in [1.29, 1.82) is 0 Å². The van der Waals surface area contributed by atoms with Gasteiger partial charge in [0.15, 0.2) is 0 Å². The molecule has 2 aliphatic rings. The van der Waals surface area contributed by atoms with E-state index in [-0.39, 0.29) is 0 Å². The van der Waals surface area contributed by atoms with Crippen LogP contribution in [0.3, 0.4) is 0 Å². The van der Waals surface area contributed by atoms with Crippen LogP contribution in [0, 0.1) is 0 Å². The van der Waals surface area contributed by atoms with E-state index in [1.165, 1.54) is 16.7 Å². The molecule has 0 radical (unpaired) electrons. The van der Waals surface area contributed by atoms with E-state index in [2.05, 4.69) is 37.9 Å². The van der Waals surface area contributed by atoms with E-state index in [1.54, 1.807) is 0 Å². The number of carbonyl (C=O) groups is 1. The molecule has 0 bridgehead atoms.